The van der Waals surface area contributed by atoms with Crippen molar-refractivity contribution in [2.75, 3.05) is 20.3 Å². The van der Waals surface area contributed by atoms with Crippen molar-refractivity contribution in [2.45, 2.75) is 18.9 Å². The van der Waals surface area contributed by atoms with Crippen molar-refractivity contribution < 1.29 is 24.1 Å². The fraction of sp³-hybridized carbons (Fsp3) is 0.316. The van der Waals surface area contributed by atoms with Crippen LogP contribution in [-0.2, 0) is 4.74 Å². The minimum atomic E-state index is -1.16. The molecule has 0 aromatic heterocycles. The smallest absolute Gasteiger partial charge is 0.338 e. The van der Waals surface area contributed by atoms with Gasteiger partial charge in [-0.1, -0.05) is 18.2 Å². The lowest BCUT2D eigenvalue weighted by atomic mass is 10.0. The van der Waals surface area contributed by atoms with Crippen molar-refractivity contribution in [3.8, 4) is 11.5 Å². The van der Waals surface area contributed by atoms with Gasteiger partial charge < -0.3 is 19.3 Å². The van der Waals surface area contributed by atoms with Gasteiger partial charge in [-0.15, -0.1) is 0 Å². The predicted octanol–water partition coefficient (Wildman–Crippen LogP) is 3.07. The van der Waals surface area contributed by atoms with E-state index in [9.17, 15) is 9.90 Å². The van der Waals surface area contributed by atoms with Crippen LogP contribution in [0.15, 0.2) is 54.6 Å². The summed E-state index contributed by atoms with van der Waals surface area (Å²) < 4.78 is 15.8. The summed E-state index contributed by atoms with van der Waals surface area (Å²) >= 11 is 0. The number of rotatable bonds is 8. The van der Waals surface area contributed by atoms with Crippen LogP contribution < -0.4 is 9.47 Å². The van der Waals surface area contributed by atoms with E-state index in [-0.39, 0.29) is 6.61 Å². The van der Waals surface area contributed by atoms with E-state index in [1.165, 1.54) is 0 Å². The molecule has 1 atom stereocenters. The Hall–Kier alpha value is -2.53. The molecule has 0 spiro atoms. The van der Waals surface area contributed by atoms with Crippen molar-refractivity contribution in [3.63, 3.8) is 0 Å². The second-order valence-electron chi connectivity index (χ2n) is 5.71. The fourth-order valence-electron chi connectivity index (χ4n) is 2.01. The summed E-state index contributed by atoms with van der Waals surface area (Å²) in [6.07, 6.45) is 0.334. The van der Waals surface area contributed by atoms with E-state index in [1.807, 2.05) is 6.07 Å². The molecular formula is C19H22O5. The Bertz CT molecular complexity index is 635. The first-order valence-corrected chi connectivity index (χ1v) is 7.71. The lowest BCUT2D eigenvalue weighted by Crippen LogP contribution is -2.33. The van der Waals surface area contributed by atoms with Gasteiger partial charge in [0.2, 0.25) is 0 Å². The van der Waals surface area contributed by atoms with Crippen molar-refractivity contribution in [1.29, 1.82) is 0 Å². The van der Waals surface area contributed by atoms with E-state index >= 15 is 0 Å². The minimum absolute atomic E-state index is 0.0906. The molecule has 0 fully saturated rings. The fourth-order valence-corrected chi connectivity index (χ4v) is 2.01. The van der Waals surface area contributed by atoms with E-state index in [0.29, 0.717) is 24.3 Å². The van der Waals surface area contributed by atoms with Crippen LogP contribution in [0.5, 0.6) is 11.5 Å². The van der Waals surface area contributed by atoms with Gasteiger partial charge in [-0.25, -0.2) is 4.79 Å². The summed E-state index contributed by atoms with van der Waals surface area (Å²) in [5.41, 5.74) is -0.695. The summed E-state index contributed by atoms with van der Waals surface area (Å²) in [4.78, 5) is 11.9. The number of hydrogen-bond donors (Lipinski definition) is 1. The Morgan fingerprint density at radius 1 is 1.04 bits per heavy atom. The molecule has 0 radical (unpaired) electrons. The topological polar surface area (TPSA) is 65.0 Å². The van der Waals surface area contributed by atoms with Gasteiger partial charge >= 0.3 is 5.97 Å². The summed E-state index contributed by atoms with van der Waals surface area (Å²) in [5.74, 6) is 0.988. The molecule has 1 N–H and O–H groups in total. The van der Waals surface area contributed by atoms with Crippen molar-refractivity contribution in [3.05, 3.63) is 60.2 Å². The first-order chi connectivity index (χ1) is 11.5. The molecule has 5 nitrogen and oxygen atoms in total. The minimum Gasteiger partial charge on any atom is -0.497 e. The van der Waals surface area contributed by atoms with Crippen LogP contribution in [0.4, 0.5) is 0 Å². The summed E-state index contributed by atoms with van der Waals surface area (Å²) in [5, 5.41) is 10.3. The highest BCUT2D eigenvalue weighted by atomic mass is 16.5. The SMILES string of the molecule is COc1ccc(OCC[C@](C)(O)COC(=O)c2ccccc2)cc1. The largest absolute Gasteiger partial charge is 0.497 e. The molecule has 2 aromatic carbocycles. The van der Waals surface area contributed by atoms with Crippen LogP contribution >= 0.6 is 0 Å². The molecule has 0 saturated heterocycles. The third-order valence-electron chi connectivity index (χ3n) is 3.49. The zero-order chi connectivity index (χ0) is 17.4. The predicted molar refractivity (Wildman–Crippen MR) is 90.5 cm³/mol. The number of ether oxygens (including phenoxy) is 3. The third kappa shape index (κ3) is 5.59. The Morgan fingerprint density at radius 3 is 2.29 bits per heavy atom. The molecule has 2 aromatic rings. The third-order valence-corrected chi connectivity index (χ3v) is 3.49. The average molecular weight is 330 g/mol. The number of carbonyl (C=O) groups excluding carboxylic acids is 1. The Labute approximate surface area is 141 Å². The summed E-state index contributed by atoms with van der Waals surface area (Å²) in [6, 6.07) is 15.9. The molecule has 5 heteroatoms. The van der Waals surface area contributed by atoms with Crippen LogP contribution in [0.3, 0.4) is 0 Å². The van der Waals surface area contributed by atoms with Gasteiger partial charge in [0.1, 0.15) is 18.1 Å². The van der Waals surface area contributed by atoms with Gasteiger partial charge in [0.15, 0.2) is 0 Å². The van der Waals surface area contributed by atoms with E-state index in [4.69, 9.17) is 14.2 Å². The molecule has 0 amide bonds. The molecule has 0 saturated carbocycles. The van der Waals surface area contributed by atoms with Crippen LogP contribution in [-0.4, -0.2) is 37.0 Å². The van der Waals surface area contributed by atoms with Crippen molar-refractivity contribution in [2.24, 2.45) is 0 Å². The first kappa shape index (κ1) is 17.8. The Morgan fingerprint density at radius 2 is 1.67 bits per heavy atom. The number of benzene rings is 2. The van der Waals surface area contributed by atoms with Gasteiger partial charge in [0.05, 0.1) is 24.9 Å². The highest BCUT2D eigenvalue weighted by Gasteiger charge is 2.23. The molecule has 24 heavy (non-hydrogen) atoms. The standard InChI is InChI=1S/C19H22O5/c1-19(21,14-24-18(20)15-6-4-3-5-7-15)12-13-23-17-10-8-16(22-2)9-11-17/h3-11,21H,12-14H2,1-2H3/t19-/m0/s1. The number of methoxy groups -OCH3 is 1. The van der Waals surface area contributed by atoms with Gasteiger partial charge in [0, 0.05) is 6.42 Å². The molecular weight excluding hydrogens is 308 g/mol. The zero-order valence-electron chi connectivity index (χ0n) is 13.9. The lowest BCUT2D eigenvalue weighted by molar-refractivity contribution is -0.0313. The Balaban J connectivity index is 1.75. The average Bonchev–Trinajstić information content (AvgIpc) is 2.61. The molecule has 0 heterocycles. The van der Waals surface area contributed by atoms with Crippen molar-refractivity contribution >= 4 is 5.97 Å². The van der Waals surface area contributed by atoms with E-state index in [0.717, 1.165) is 5.75 Å². The van der Waals surface area contributed by atoms with Crippen LogP contribution in [0.1, 0.15) is 23.7 Å². The maximum Gasteiger partial charge on any atom is 0.338 e. The highest BCUT2D eigenvalue weighted by Crippen LogP contribution is 2.18. The second kappa shape index (κ2) is 8.36. The van der Waals surface area contributed by atoms with E-state index < -0.39 is 11.6 Å². The lowest BCUT2D eigenvalue weighted by Gasteiger charge is -2.23. The summed E-state index contributed by atoms with van der Waals surface area (Å²) in [6.45, 7) is 1.83. The van der Waals surface area contributed by atoms with Gasteiger partial charge in [-0.2, -0.15) is 0 Å². The molecule has 2 rings (SSSR count). The van der Waals surface area contributed by atoms with Crippen LogP contribution in [0, 0.1) is 0 Å². The van der Waals surface area contributed by atoms with Gasteiger partial charge in [0.25, 0.3) is 0 Å². The normalized spacial score (nSPS) is 13.0. The van der Waals surface area contributed by atoms with E-state index in [1.54, 1.807) is 62.6 Å². The van der Waals surface area contributed by atoms with E-state index in [2.05, 4.69) is 0 Å². The number of esters is 1. The highest BCUT2D eigenvalue weighted by molar-refractivity contribution is 5.89. The number of carbonyl (C=O) groups is 1. The van der Waals surface area contributed by atoms with Gasteiger partial charge in [-0.05, 0) is 43.3 Å². The first-order valence-electron chi connectivity index (χ1n) is 7.71. The Kier molecular flexibility index (Phi) is 6.21. The molecule has 0 unspecified atom stereocenters. The quantitative estimate of drug-likeness (QED) is 0.754. The zero-order valence-corrected chi connectivity index (χ0v) is 13.9. The monoisotopic (exact) mass is 330 g/mol. The molecule has 0 aliphatic carbocycles. The van der Waals surface area contributed by atoms with Crippen LogP contribution in [0.2, 0.25) is 0 Å². The molecule has 0 aliphatic heterocycles. The number of hydrogen-bond acceptors (Lipinski definition) is 5. The van der Waals surface area contributed by atoms with Crippen molar-refractivity contribution in [1.82, 2.24) is 0 Å². The maximum absolute atomic E-state index is 11.9. The molecule has 0 aliphatic rings. The molecule has 128 valence electrons. The van der Waals surface area contributed by atoms with Crippen LogP contribution in [0.25, 0.3) is 0 Å². The summed E-state index contributed by atoms with van der Waals surface area (Å²) in [7, 11) is 1.60. The van der Waals surface area contributed by atoms with Gasteiger partial charge in [-0.3, -0.25) is 0 Å². The second-order valence-corrected chi connectivity index (χ2v) is 5.71. The molecule has 0 bridgehead atoms. The maximum atomic E-state index is 11.9. The number of aliphatic hydroxyl groups is 1.